The molecular formula is C12H14BrN5O. The Bertz CT molecular complexity index is 644. The third-order valence-electron chi connectivity index (χ3n) is 3.41. The molecule has 0 saturated carbocycles. The molecule has 3 rings (SSSR count). The monoisotopic (exact) mass is 323 g/mol. The molecule has 19 heavy (non-hydrogen) atoms. The van der Waals surface area contributed by atoms with Crippen molar-refractivity contribution in [2.45, 2.75) is 12.6 Å². The molecule has 100 valence electrons. The van der Waals surface area contributed by atoms with E-state index in [-0.39, 0.29) is 5.56 Å². The van der Waals surface area contributed by atoms with Crippen LogP contribution >= 0.6 is 15.9 Å². The van der Waals surface area contributed by atoms with Gasteiger partial charge in [-0.2, -0.15) is 5.10 Å². The molecule has 0 aromatic carbocycles. The predicted octanol–water partition coefficient (Wildman–Crippen LogP) is 0.796. The zero-order valence-corrected chi connectivity index (χ0v) is 12.1. The number of nitrogens with zero attached hydrogens (tertiary/aromatic N) is 5. The lowest BCUT2D eigenvalue weighted by Crippen LogP contribution is -2.47. The molecule has 7 heteroatoms. The average molecular weight is 324 g/mol. The van der Waals surface area contributed by atoms with Crippen LogP contribution in [0.3, 0.4) is 0 Å². The minimum Gasteiger partial charge on any atom is -0.299 e. The van der Waals surface area contributed by atoms with Gasteiger partial charge in [0.1, 0.15) is 5.82 Å². The summed E-state index contributed by atoms with van der Waals surface area (Å²) in [4.78, 5) is 18.0. The van der Waals surface area contributed by atoms with Crippen LogP contribution in [-0.2, 0) is 13.6 Å². The fourth-order valence-corrected chi connectivity index (χ4v) is 2.51. The highest BCUT2D eigenvalue weighted by Crippen LogP contribution is 2.23. The molecule has 0 aliphatic carbocycles. The van der Waals surface area contributed by atoms with Crippen LogP contribution in [0.5, 0.6) is 0 Å². The van der Waals surface area contributed by atoms with Gasteiger partial charge in [-0.05, 0) is 15.9 Å². The summed E-state index contributed by atoms with van der Waals surface area (Å²) in [5.74, 6) is 0.799. The van der Waals surface area contributed by atoms with Gasteiger partial charge in [-0.3, -0.25) is 18.9 Å². The SMILES string of the molecule is Cn1c(CN2CC(n3cc(Br)cn3)C2)nccc1=O. The smallest absolute Gasteiger partial charge is 0.253 e. The highest BCUT2D eigenvalue weighted by molar-refractivity contribution is 9.10. The van der Waals surface area contributed by atoms with E-state index in [2.05, 4.69) is 30.9 Å². The van der Waals surface area contributed by atoms with E-state index in [4.69, 9.17) is 0 Å². The molecule has 0 spiro atoms. The van der Waals surface area contributed by atoms with E-state index >= 15 is 0 Å². The van der Waals surface area contributed by atoms with Crippen LogP contribution in [-0.4, -0.2) is 37.3 Å². The maximum absolute atomic E-state index is 11.5. The predicted molar refractivity (Wildman–Crippen MR) is 73.7 cm³/mol. The Morgan fingerprint density at radius 1 is 1.47 bits per heavy atom. The van der Waals surface area contributed by atoms with Gasteiger partial charge in [-0.25, -0.2) is 4.98 Å². The first-order chi connectivity index (χ1) is 9.13. The van der Waals surface area contributed by atoms with E-state index in [9.17, 15) is 4.79 Å². The molecule has 0 bridgehead atoms. The topological polar surface area (TPSA) is 56.0 Å². The van der Waals surface area contributed by atoms with Crippen LogP contribution in [0.1, 0.15) is 11.9 Å². The van der Waals surface area contributed by atoms with E-state index in [1.165, 1.54) is 6.07 Å². The minimum atomic E-state index is -0.0157. The molecule has 2 aromatic rings. The normalized spacial score (nSPS) is 16.5. The lowest BCUT2D eigenvalue weighted by atomic mass is 10.1. The van der Waals surface area contributed by atoms with Gasteiger partial charge in [-0.1, -0.05) is 0 Å². The van der Waals surface area contributed by atoms with Gasteiger partial charge in [0.2, 0.25) is 0 Å². The van der Waals surface area contributed by atoms with Crippen LogP contribution < -0.4 is 5.56 Å². The lowest BCUT2D eigenvalue weighted by Gasteiger charge is -2.39. The molecule has 0 atom stereocenters. The van der Waals surface area contributed by atoms with Crippen LogP contribution in [0.15, 0.2) is 33.9 Å². The van der Waals surface area contributed by atoms with E-state index in [0.717, 1.165) is 23.4 Å². The molecule has 0 N–H and O–H groups in total. The Balaban J connectivity index is 1.62. The highest BCUT2D eigenvalue weighted by Gasteiger charge is 2.29. The second-order valence-electron chi connectivity index (χ2n) is 4.74. The van der Waals surface area contributed by atoms with Crippen molar-refractivity contribution in [3.05, 3.63) is 45.3 Å². The number of hydrogen-bond donors (Lipinski definition) is 0. The van der Waals surface area contributed by atoms with Gasteiger partial charge in [-0.15, -0.1) is 0 Å². The Hall–Kier alpha value is -1.47. The Kier molecular flexibility index (Phi) is 3.24. The Morgan fingerprint density at radius 2 is 2.26 bits per heavy atom. The fraction of sp³-hybridized carbons (Fsp3) is 0.417. The lowest BCUT2D eigenvalue weighted by molar-refractivity contribution is 0.0866. The summed E-state index contributed by atoms with van der Waals surface area (Å²) in [7, 11) is 1.76. The van der Waals surface area contributed by atoms with Crippen molar-refractivity contribution >= 4 is 15.9 Å². The van der Waals surface area contributed by atoms with Crippen LogP contribution in [0.2, 0.25) is 0 Å². The largest absolute Gasteiger partial charge is 0.299 e. The number of hydrogen-bond acceptors (Lipinski definition) is 4. The number of halogens is 1. The maximum atomic E-state index is 11.5. The molecule has 1 fully saturated rings. The summed E-state index contributed by atoms with van der Waals surface area (Å²) in [6.45, 7) is 2.56. The van der Waals surface area contributed by atoms with Crippen LogP contribution in [0.25, 0.3) is 0 Å². The van der Waals surface area contributed by atoms with Crippen molar-refractivity contribution in [1.29, 1.82) is 0 Å². The third kappa shape index (κ3) is 2.48. The van der Waals surface area contributed by atoms with Gasteiger partial charge >= 0.3 is 0 Å². The van der Waals surface area contributed by atoms with Crippen molar-refractivity contribution in [3.63, 3.8) is 0 Å². The Labute approximate surface area is 118 Å². The van der Waals surface area contributed by atoms with Crippen molar-refractivity contribution in [3.8, 4) is 0 Å². The van der Waals surface area contributed by atoms with Crippen molar-refractivity contribution < 1.29 is 0 Å². The van der Waals surface area contributed by atoms with Crippen molar-refractivity contribution in [1.82, 2.24) is 24.2 Å². The molecule has 1 saturated heterocycles. The zero-order valence-electron chi connectivity index (χ0n) is 10.5. The first kappa shape index (κ1) is 12.6. The molecular weight excluding hydrogens is 310 g/mol. The van der Waals surface area contributed by atoms with Crippen LogP contribution in [0, 0.1) is 0 Å². The second-order valence-corrected chi connectivity index (χ2v) is 5.66. The van der Waals surface area contributed by atoms with Crippen LogP contribution in [0.4, 0.5) is 0 Å². The van der Waals surface area contributed by atoms with Crippen molar-refractivity contribution in [2.24, 2.45) is 7.05 Å². The molecule has 0 amide bonds. The van der Waals surface area contributed by atoms with Gasteiger partial charge < -0.3 is 0 Å². The molecule has 2 aromatic heterocycles. The zero-order chi connectivity index (χ0) is 13.4. The number of rotatable bonds is 3. The van der Waals surface area contributed by atoms with Gasteiger partial charge in [0.05, 0.1) is 23.3 Å². The minimum absolute atomic E-state index is 0.0157. The molecule has 3 heterocycles. The molecule has 0 radical (unpaired) electrons. The summed E-state index contributed by atoms with van der Waals surface area (Å²) in [5, 5.41) is 4.28. The summed E-state index contributed by atoms with van der Waals surface area (Å²) >= 11 is 3.40. The molecule has 0 unspecified atom stereocenters. The third-order valence-corrected chi connectivity index (χ3v) is 3.81. The quantitative estimate of drug-likeness (QED) is 0.838. The van der Waals surface area contributed by atoms with E-state index in [1.54, 1.807) is 24.0 Å². The standard InChI is InChI=1S/C12H14BrN5O/c1-16-11(14-3-2-12(16)19)8-17-6-10(7-17)18-5-9(13)4-15-18/h2-5,10H,6-8H2,1H3. The first-order valence-electron chi connectivity index (χ1n) is 6.06. The summed E-state index contributed by atoms with van der Waals surface area (Å²) in [5.41, 5.74) is -0.0157. The summed E-state index contributed by atoms with van der Waals surface area (Å²) in [6.07, 6.45) is 5.35. The van der Waals surface area contributed by atoms with Gasteiger partial charge in [0, 0.05) is 38.6 Å². The summed E-state index contributed by atoms with van der Waals surface area (Å²) < 4.78 is 4.56. The second kappa shape index (κ2) is 4.90. The van der Waals surface area contributed by atoms with Crippen molar-refractivity contribution in [2.75, 3.05) is 13.1 Å². The fourth-order valence-electron chi connectivity index (χ4n) is 2.21. The highest BCUT2D eigenvalue weighted by atomic mass is 79.9. The Morgan fingerprint density at radius 3 is 2.95 bits per heavy atom. The molecule has 1 aliphatic rings. The number of aromatic nitrogens is 4. The summed E-state index contributed by atoms with van der Waals surface area (Å²) in [6, 6.07) is 1.89. The van der Waals surface area contributed by atoms with Gasteiger partial charge in [0.25, 0.3) is 5.56 Å². The molecule has 1 aliphatic heterocycles. The van der Waals surface area contributed by atoms with Gasteiger partial charge in [0.15, 0.2) is 0 Å². The average Bonchev–Trinajstić information content (AvgIpc) is 2.74. The van der Waals surface area contributed by atoms with E-state index < -0.39 is 0 Å². The molecule has 6 nitrogen and oxygen atoms in total. The first-order valence-corrected chi connectivity index (χ1v) is 6.86. The van der Waals surface area contributed by atoms with E-state index in [0.29, 0.717) is 12.6 Å². The van der Waals surface area contributed by atoms with E-state index in [1.807, 2.05) is 10.9 Å². The number of likely N-dealkylation sites (tertiary alicyclic amines) is 1. The maximum Gasteiger partial charge on any atom is 0.253 e.